The van der Waals surface area contributed by atoms with E-state index in [2.05, 4.69) is 0 Å². The molecule has 0 saturated heterocycles. The summed E-state index contributed by atoms with van der Waals surface area (Å²) in [5.74, 6) is -4.60. The Hall–Kier alpha value is -4.10. The lowest BCUT2D eigenvalue weighted by Crippen LogP contribution is -2.14. The molecule has 1 N–H and O–H groups in total. The van der Waals surface area contributed by atoms with E-state index >= 15 is 8.78 Å². The topological polar surface area (TPSA) is 125 Å². The monoisotopic (exact) mass is 634 g/mol. The third-order valence-corrected chi connectivity index (χ3v) is 8.79. The summed E-state index contributed by atoms with van der Waals surface area (Å²) in [5, 5.41) is 9.35. The van der Waals surface area contributed by atoms with Gasteiger partial charge >= 0.3 is 5.97 Å². The summed E-state index contributed by atoms with van der Waals surface area (Å²) in [5.41, 5.74) is 0. The number of ketones is 3. The summed E-state index contributed by atoms with van der Waals surface area (Å²) in [6.45, 7) is 2.38. The zero-order chi connectivity index (χ0) is 31.4. The SMILES string of the molecule is COc1cc2sc(C(=O)CCC(C)=O)cc2c(F)c1OCCOc1c(OC)cc2sc(C(=O)C[C@H](C)C(=O)O)cc2c1F. The number of carbonyl (C=O) groups is 4. The molecule has 228 valence electrons. The lowest BCUT2D eigenvalue weighted by molar-refractivity contribution is -0.141. The molecule has 1 atom stereocenters. The summed E-state index contributed by atoms with van der Waals surface area (Å²) in [6, 6.07) is 5.83. The fourth-order valence-electron chi connectivity index (χ4n) is 4.21. The van der Waals surface area contributed by atoms with Gasteiger partial charge in [-0.3, -0.25) is 14.4 Å². The Labute approximate surface area is 252 Å². The number of carbonyl (C=O) groups excluding carboxylic acids is 3. The molecule has 9 nitrogen and oxygen atoms in total. The number of ether oxygens (including phenoxy) is 4. The van der Waals surface area contributed by atoms with Gasteiger partial charge in [-0.15, -0.1) is 22.7 Å². The third kappa shape index (κ3) is 6.94. The lowest BCUT2D eigenvalue weighted by Gasteiger charge is -2.14. The number of carboxylic acids is 1. The van der Waals surface area contributed by atoms with Gasteiger partial charge in [0.15, 0.2) is 46.2 Å². The molecule has 0 radical (unpaired) electrons. The lowest BCUT2D eigenvalue weighted by atomic mass is 10.0. The maximum atomic E-state index is 15.5. The number of hydrogen-bond donors (Lipinski definition) is 1. The van der Waals surface area contributed by atoms with Gasteiger partial charge in [0.2, 0.25) is 0 Å². The van der Waals surface area contributed by atoms with Crippen LogP contribution in [0.15, 0.2) is 24.3 Å². The fraction of sp³-hybridized carbons (Fsp3) is 0.333. The molecule has 4 rings (SSSR count). The molecule has 0 saturated carbocycles. The van der Waals surface area contributed by atoms with Crippen molar-refractivity contribution in [2.24, 2.45) is 5.92 Å². The van der Waals surface area contributed by atoms with Crippen LogP contribution in [0.25, 0.3) is 20.2 Å². The number of fused-ring (bicyclic) bond motifs is 2. The molecule has 4 aromatic rings. The Balaban J connectivity index is 1.50. The van der Waals surface area contributed by atoms with E-state index in [9.17, 15) is 19.2 Å². The predicted molar refractivity (Wildman–Crippen MR) is 158 cm³/mol. The van der Waals surface area contributed by atoms with Gasteiger partial charge < -0.3 is 28.8 Å². The van der Waals surface area contributed by atoms with Crippen molar-refractivity contribution in [3.8, 4) is 23.0 Å². The van der Waals surface area contributed by atoms with E-state index in [1.807, 2.05) is 0 Å². The number of benzene rings is 2. The molecule has 0 fully saturated rings. The second-order valence-electron chi connectivity index (χ2n) is 9.68. The second kappa shape index (κ2) is 13.5. The molecule has 0 aliphatic carbocycles. The van der Waals surface area contributed by atoms with Crippen LogP contribution >= 0.6 is 22.7 Å². The molecular formula is C30H28F2O9S2. The fourth-order valence-corrected chi connectivity index (χ4v) is 6.30. The van der Waals surface area contributed by atoms with Gasteiger partial charge in [0.05, 0.1) is 29.9 Å². The highest BCUT2D eigenvalue weighted by Gasteiger charge is 2.24. The van der Waals surface area contributed by atoms with Crippen LogP contribution in [0.4, 0.5) is 8.78 Å². The summed E-state index contributed by atoms with van der Waals surface area (Å²) >= 11 is 2.10. The van der Waals surface area contributed by atoms with Gasteiger partial charge in [-0.2, -0.15) is 0 Å². The molecule has 43 heavy (non-hydrogen) atoms. The highest BCUT2D eigenvalue weighted by atomic mass is 32.1. The zero-order valence-electron chi connectivity index (χ0n) is 23.7. The van der Waals surface area contributed by atoms with E-state index in [1.165, 1.54) is 46.3 Å². The first-order valence-electron chi connectivity index (χ1n) is 13.1. The van der Waals surface area contributed by atoms with E-state index in [4.69, 9.17) is 24.1 Å². The maximum Gasteiger partial charge on any atom is 0.306 e. The van der Waals surface area contributed by atoms with Gasteiger partial charge in [0, 0.05) is 51.6 Å². The van der Waals surface area contributed by atoms with Crippen molar-refractivity contribution in [1.29, 1.82) is 0 Å². The maximum absolute atomic E-state index is 15.5. The quantitative estimate of drug-likeness (QED) is 0.112. The molecule has 0 spiro atoms. The van der Waals surface area contributed by atoms with Crippen molar-refractivity contribution in [2.75, 3.05) is 27.4 Å². The Bertz CT molecular complexity index is 1720. The van der Waals surface area contributed by atoms with Crippen LogP contribution in [0.5, 0.6) is 23.0 Å². The molecular weight excluding hydrogens is 606 g/mol. The van der Waals surface area contributed by atoms with Crippen LogP contribution in [-0.4, -0.2) is 55.9 Å². The second-order valence-corrected chi connectivity index (χ2v) is 11.8. The van der Waals surface area contributed by atoms with Crippen LogP contribution in [0.2, 0.25) is 0 Å². The van der Waals surface area contributed by atoms with Crippen molar-refractivity contribution in [3.63, 3.8) is 0 Å². The van der Waals surface area contributed by atoms with Crippen molar-refractivity contribution in [3.05, 3.63) is 45.7 Å². The normalized spacial score (nSPS) is 11.9. The molecule has 0 unspecified atom stereocenters. The standard InChI is InChI=1S/C30H28F2O9S2/c1-14(30(36)37)9-19(35)25-11-17-23(43-25)13-21(39-4)29(27(17)32)41-8-7-40-28-20(38-3)12-22-16(26(28)31)10-24(42-22)18(34)6-5-15(2)33/h10-14H,5-9H2,1-4H3,(H,36,37)/t14-/m0/s1. The van der Waals surface area contributed by atoms with Crippen molar-refractivity contribution < 1.29 is 52.0 Å². The number of methoxy groups -OCH3 is 2. The Morgan fingerprint density at radius 1 is 0.791 bits per heavy atom. The van der Waals surface area contributed by atoms with Crippen LogP contribution in [0.3, 0.4) is 0 Å². The van der Waals surface area contributed by atoms with Crippen LogP contribution in [-0.2, 0) is 9.59 Å². The summed E-state index contributed by atoms with van der Waals surface area (Å²) in [4.78, 5) is 47.9. The molecule has 0 aliphatic rings. The predicted octanol–water partition coefficient (Wildman–Crippen LogP) is 6.71. The minimum atomic E-state index is -1.10. The van der Waals surface area contributed by atoms with Crippen LogP contribution in [0, 0.1) is 17.6 Å². The minimum Gasteiger partial charge on any atom is -0.493 e. The summed E-state index contributed by atoms with van der Waals surface area (Å²) < 4.78 is 53.7. The van der Waals surface area contributed by atoms with Crippen molar-refractivity contribution in [1.82, 2.24) is 0 Å². The van der Waals surface area contributed by atoms with E-state index in [0.717, 1.165) is 22.7 Å². The van der Waals surface area contributed by atoms with Gasteiger partial charge in [0.25, 0.3) is 0 Å². The average molecular weight is 635 g/mol. The minimum absolute atomic E-state index is 0.0281. The van der Waals surface area contributed by atoms with Crippen molar-refractivity contribution >= 4 is 66.2 Å². The first kappa shape index (κ1) is 31.8. The molecule has 2 aromatic heterocycles. The van der Waals surface area contributed by atoms with E-state index < -0.39 is 29.3 Å². The number of halogens is 2. The number of aliphatic carboxylic acids is 1. The largest absolute Gasteiger partial charge is 0.493 e. The summed E-state index contributed by atoms with van der Waals surface area (Å²) in [7, 11) is 2.67. The first-order valence-corrected chi connectivity index (χ1v) is 14.7. The average Bonchev–Trinajstić information content (AvgIpc) is 3.60. The third-order valence-electron chi connectivity index (χ3n) is 6.55. The van der Waals surface area contributed by atoms with Crippen LogP contribution in [0.1, 0.15) is 52.5 Å². The summed E-state index contributed by atoms with van der Waals surface area (Å²) in [6.07, 6.45) is -0.0973. The zero-order valence-corrected chi connectivity index (χ0v) is 25.3. The molecule has 0 amide bonds. The molecule has 2 aromatic carbocycles. The number of Topliss-reactive ketones (excluding diaryl/α,β-unsaturated/α-hetero) is 3. The van der Waals surface area contributed by atoms with E-state index in [1.54, 1.807) is 6.07 Å². The first-order chi connectivity index (χ1) is 20.4. The number of carboxylic acid groups (broad SMARTS) is 1. The van der Waals surface area contributed by atoms with E-state index in [-0.39, 0.29) is 82.7 Å². The van der Waals surface area contributed by atoms with Gasteiger partial charge in [-0.1, -0.05) is 6.92 Å². The molecule has 2 heterocycles. The smallest absolute Gasteiger partial charge is 0.306 e. The van der Waals surface area contributed by atoms with Gasteiger partial charge in [-0.05, 0) is 19.1 Å². The Kier molecular flexibility index (Phi) is 9.97. The Morgan fingerprint density at radius 2 is 1.26 bits per heavy atom. The molecule has 0 aliphatic heterocycles. The van der Waals surface area contributed by atoms with Gasteiger partial charge in [-0.25, -0.2) is 8.78 Å². The van der Waals surface area contributed by atoms with Gasteiger partial charge in [0.1, 0.15) is 19.0 Å². The number of rotatable bonds is 15. The highest BCUT2D eigenvalue weighted by molar-refractivity contribution is 7.21. The number of hydrogen-bond acceptors (Lipinski definition) is 10. The van der Waals surface area contributed by atoms with Crippen molar-refractivity contribution in [2.45, 2.75) is 33.1 Å². The Morgan fingerprint density at radius 3 is 1.67 bits per heavy atom. The number of thiophene rings is 2. The molecule has 0 bridgehead atoms. The van der Waals surface area contributed by atoms with Crippen LogP contribution < -0.4 is 18.9 Å². The molecule has 13 heteroatoms. The highest BCUT2D eigenvalue weighted by Crippen LogP contribution is 2.42. The van der Waals surface area contributed by atoms with E-state index in [0.29, 0.717) is 14.3 Å².